The summed E-state index contributed by atoms with van der Waals surface area (Å²) < 4.78 is 11.4. The number of carbonyl (C=O) groups is 1. The van der Waals surface area contributed by atoms with Crippen LogP contribution in [-0.2, 0) is 13.0 Å². The summed E-state index contributed by atoms with van der Waals surface area (Å²) in [6.07, 6.45) is 3.41. The summed E-state index contributed by atoms with van der Waals surface area (Å²) in [5.74, 6) is 1.36. The average Bonchev–Trinajstić information content (AvgIpc) is 2.78. The van der Waals surface area contributed by atoms with Crippen LogP contribution in [0.25, 0.3) is 0 Å². The predicted octanol–water partition coefficient (Wildman–Crippen LogP) is 6.18. The molecule has 3 aromatic carbocycles. The maximum Gasteiger partial charge on any atom is 0.255 e. The van der Waals surface area contributed by atoms with Crippen LogP contribution in [0.2, 0.25) is 0 Å². The van der Waals surface area contributed by atoms with Crippen molar-refractivity contribution in [1.82, 2.24) is 0 Å². The predicted molar refractivity (Wildman–Crippen MR) is 122 cm³/mol. The smallest absolute Gasteiger partial charge is 0.255 e. The Morgan fingerprint density at radius 1 is 0.967 bits per heavy atom. The van der Waals surface area contributed by atoms with Crippen LogP contribution < -0.4 is 14.8 Å². The van der Waals surface area contributed by atoms with E-state index in [1.54, 1.807) is 19.2 Å². The summed E-state index contributed by atoms with van der Waals surface area (Å²) >= 11 is 0. The SMILES string of the molecule is CCCCc1ccc(NC(=O)c2ccc(OC)c(COc3ccccc3C)c2)cc1. The number of unbranched alkanes of at least 4 members (excludes halogenated alkanes) is 1. The molecule has 0 bridgehead atoms. The van der Waals surface area contributed by atoms with E-state index in [1.807, 2.05) is 49.4 Å². The number of methoxy groups -OCH3 is 1. The van der Waals surface area contributed by atoms with Crippen LogP contribution in [0.4, 0.5) is 5.69 Å². The number of anilines is 1. The fourth-order valence-corrected chi connectivity index (χ4v) is 3.25. The molecule has 4 heteroatoms. The average molecular weight is 404 g/mol. The first-order valence-corrected chi connectivity index (χ1v) is 10.4. The van der Waals surface area contributed by atoms with Crippen molar-refractivity contribution in [3.63, 3.8) is 0 Å². The number of benzene rings is 3. The fraction of sp³-hybridized carbons (Fsp3) is 0.269. The third kappa shape index (κ3) is 5.63. The lowest BCUT2D eigenvalue weighted by Crippen LogP contribution is -2.13. The molecule has 0 unspecified atom stereocenters. The van der Waals surface area contributed by atoms with Crippen molar-refractivity contribution in [3.8, 4) is 11.5 Å². The number of hydrogen-bond donors (Lipinski definition) is 1. The highest BCUT2D eigenvalue weighted by molar-refractivity contribution is 6.04. The van der Waals surface area contributed by atoms with E-state index >= 15 is 0 Å². The zero-order valence-electron chi connectivity index (χ0n) is 17.9. The van der Waals surface area contributed by atoms with Gasteiger partial charge in [0, 0.05) is 16.8 Å². The maximum absolute atomic E-state index is 12.8. The van der Waals surface area contributed by atoms with Crippen molar-refractivity contribution in [1.29, 1.82) is 0 Å². The van der Waals surface area contributed by atoms with Crippen molar-refractivity contribution in [2.45, 2.75) is 39.7 Å². The van der Waals surface area contributed by atoms with E-state index in [1.165, 1.54) is 18.4 Å². The Balaban J connectivity index is 1.70. The van der Waals surface area contributed by atoms with Gasteiger partial charge in [0.25, 0.3) is 5.91 Å². The Morgan fingerprint density at radius 3 is 2.43 bits per heavy atom. The van der Waals surface area contributed by atoms with E-state index in [9.17, 15) is 4.79 Å². The van der Waals surface area contributed by atoms with Gasteiger partial charge in [0.05, 0.1) is 7.11 Å². The topological polar surface area (TPSA) is 47.6 Å². The number of para-hydroxylation sites is 1. The van der Waals surface area contributed by atoms with E-state index < -0.39 is 0 Å². The molecule has 0 fully saturated rings. The summed E-state index contributed by atoms with van der Waals surface area (Å²) in [5.41, 5.74) is 4.52. The van der Waals surface area contributed by atoms with E-state index in [0.717, 1.165) is 29.0 Å². The van der Waals surface area contributed by atoms with Gasteiger partial charge in [0.2, 0.25) is 0 Å². The molecule has 0 radical (unpaired) electrons. The van der Waals surface area contributed by atoms with E-state index in [4.69, 9.17) is 9.47 Å². The molecule has 0 atom stereocenters. The van der Waals surface area contributed by atoms with Gasteiger partial charge in [0.1, 0.15) is 18.1 Å². The Bertz CT molecular complexity index is 980. The number of carbonyl (C=O) groups excluding carboxylic acids is 1. The molecule has 3 aromatic rings. The van der Waals surface area contributed by atoms with E-state index in [-0.39, 0.29) is 5.91 Å². The third-order valence-corrected chi connectivity index (χ3v) is 5.05. The molecule has 0 spiro atoms. The number of aryl methyl sites for hydroxylation is 2. The zero-order valence-corrected chi connectivity index (χ0v) is 17.9. The van der Waals surface area contributed by atoms with Crippen molar-refractivity contribution in [3.05, 3.63) is 89.0 Å². The third-order valence-electron chi connectivity index (χ3n) is 5.05. The lowest BCUT2D eigenvalue weighted by Gasteiger charge is -2.13. The minimum absolute atomic E-state index is 0.156. The lowest BCUT2D eigenvalue weighted by atomic mass is 10.1. The van der Waals surface area contributed by atoms with Crippen LogP contribution >= 0.6 is 0 Å². The van der Waals surface area contributed by atoms with Gasteiger partial charge in [-0.05, 0) is 67.3 Å². The van der Waals surface area contributed by atoms with Gasteiger partial charge in [-0.15, -0.1) is 0 Å². The molecule has 0 aliphatic carbocycles. The largest absolute Gasteiger partial charge is 0.496 e. The molecule has 4 nitrogen and oxygen atoms in total. The molecule has 0 aromatic heterocycles. The molecule has 0 aliphatic rings. The van der Waals surface area contributed by atoms with Crippen molar-refractivity contribution in [2.75, 3.05) is 12.4 Å². The Kier molecular flexibility index (Phi) is 7.50. The molecule has 0 heterocycles. The molecular formula is C26H29NO3. The molecule has 0 saturated carbocycles. The monoisotopic (exact) mass is 403 g/mol. The molecule has 156 valence electrons. The molecule has 3 rings (SSSR count). The zero-order chi connectivity index (χ0) is 21.3. The normalized spacial score (nSPS) is 10.5. The summed E-state index contributed by atoms with van der Waals surface area (Å²) in [6, 6.07) is 21.3. The van der Waals surface area contributed by atoms with Gasteiger partial charge < -0.3 is 14.8 Å². The summed E-state index contributed by atoms with van der Waals surface area (Å²) in [7, 11) is 1.62. The molecule has 1 N–H and O–H groups in total. The van der Waals surface area contributed by atoms with Gasteiger partial charge in [-0.2, -0.15) is 0 Å². The first kappa shape index (κ1) is 21.4. The van der Waals surface area contributed by atoms with E-state index in [0.29, 0.717) is 17.9 Å². The first-order chi connectivity index (χ1) is 14.6. The van der Waals surface area contributed by atoms with Gasteiger partial charge >= 0.3 is 0 Å². The van der Waals surface area contributed by atoms with Crippen molar-refractivity contribution >= 4 is 11.6 Å². The second-order valence-electron chi connectivity index (χ2n) is 7.34. The molecular weight excluding hydrogens is 374 g/mol. The van der Waals surface area contributed by atoms with Crippen LogP contribution in [-0.4, -0.2) is 13.0 Å². The highest BCUT2D eigenvalue weighted by atomic mass is 16.5. The Hall–Kier alpha value is -3.27. The number of nitrogens with one attached hydrogen (secondary N) is 1. The van der Waals surface area contributed by atoms with Gasteiger partial charge in [0.15, 0.2) is 0 Å². The number of rotatable bonds is 9. The minimum Gasteiger partial charge on any atom is -0.496 e. The Morgan fingerprint density at radius 2 is 1.73 bits per heavy atom. The second kappa shape index (κ2) is 10.5. The van der Waals surface area contributed by atoms with Crippen molar-refractivity contribution < 1.29 is 14.3 Å². The van der Waals surface area contributed by atoms with Crippen LogP contribution in [0, 0.1) is 6.92 Å². The maximum atomic E-state index is 12.8. The van der Waals surface area contributed by atoms with Gasteiger partial charge in [-0.3, -0.25) is 4.79 Å². The molecule has 0 saturated heterocycles. The van der Waals surface area contributed by atoms with Gasteiger partial charge in [-0.1, -0.05) is 43.7 Å². The van der Waals surface area contributed by atoms with Gasteiger partial charge in [-0.25, -0.2) is 0 Å². The van der Waals surface area contributed by atoms with Crippen LogP contribution in [0.3, 0.4) is 0 Å². The van der Waals surface area contributed by atoms with Crippen molar-refractivity contribution in [2.24, 2.45) is 0 Å². The quantitative estimate of drug-likeness (QED) is 0.464. The van der Waals surface area contributed by atoms with Crippen LogP contribution in [0.5, 0.6) is 11.5 Å². The first-order valence-electron chi connectivity index (χ1n) is 10.4. The van der Waals surface area contributed by atoms with E-state index in [2.05, 4.69) is 24.4 Å². The molecule has 30 heavy (non-hydrogen) atoms. The number of ether oxygens (including phenoxy) is 2. The second-order valence-corrected chi connectivity index (χ2v) is 7.34. The molecule has 0 aliphatic heterocycles. The summed E-state index contributed by atoms with van der Waals surface area (Å²) in [6.45, 7) is 4.51. The fourth-order valence-electron chi connectivity index (χ4n) is 3.25. The highest BCUT2D eigenvalue weighted by Gasteiger charge is 2.12. The number of hydrogen-bond acceptors (Lipinski definition) is 3. The van der Waals surface area contributed by atoms with Crippen LogP contribution in [0.15, 0.2) is 66.7 Å². The van der Waals surface area contributed by atoms with Crippen LogP contribution in [0.1, 0.15) is 46.8 Å². The standard InChI is InChI=1S/C26H29NO3/c1-4-5-9-20-11-14-23(15-12-20)27-26(28)21-13-16-25(29-3)22(17-21)18-30-24-10-7-6-8-19(24)2/h6-8,10-17H,4-5,9,18H2,1-3H3,(H,27,28). The minimum atomic E-state index is -0.156. The highest BCUT2D eigenvalue weighted by Crippen LogP contribution is 2.24. The Labute approximate surface area is 178 Å². The summed E-state index contributed by atoms with van der Waals surface area (Å²) in [5, 5.41) is 2.97. The number of amides is 1. The lowest BCUT2D eigenvalue weighted by molar-refractivity contribution is 0.102. The molecule has 1 amide bonds. The summed E-state index contributed by atoms with van der Waals surface area (Å²) in [4.78, 5) is 12.8.